The fourth-order valence-electron chi connectivity index (χ4n) is 0.215. The zero-order valence-electron chi connectivity index (χ0n) is 5.06. The van der Waals surface area contributed by atoms with E-state index < -0.39 is 20.2 Å². The number of ketones is 1. The largest absolute Gasteiger partial charge is 0.470 e. The van der Waals surface area contributed by atoms with Gasteiger partial charge in [0.15, 0.2) is 5.78 Å². The van der Waals surface area contributed by atoms with Gasteiger partial charge in [-0.05, 0) is 0 Å². The summed E-state index contributed by atoms with van der Waals surface area (Å²) in [7, 11) is -4.51. The summed E-state index contributed by atoms with van der Waals surface area (Å²) in [5.41, 5.74) is 4.82. The lowest BCUT2D eigenvalue weighted by atomic mass is 10.4. The molecule has 0 atom stereocenters. The molecule has 0 amide bonds. The number of carbonyl (C=O) groups is 1. The van der Waals surface area contributed by atoms with E-state index >= 15 is 0 Å². The molecule has 0 aliphatic rings. The van der Waals surface area contributed by atoms with Gasteiger partial charge in [-0.15, -0.1) is 0 Å². The molecule has 0 spiro atoms. The summed E-state index contributed by atoms with van der Waals surface area (Å²) in [4.78, 5) is 26.4. The fraction of sp³-hybridized carbons (Fsp3) is 0.667. The monoisotopic (exact) mass is 169 g/mol. The summed E-state index contributed by atoms with van der Waals surface area (Å²) >= 11 is 0. The standard InChI is InChI=1S/C3H8NO5P/c4-1-3(5)2-9-10(6,7)8/h1-2,4H2,(H2,6,7,8). The lowest BCUT2D eigenvalue weighted by molar-refractivity contribution is -0.120. The van der Waals surface area contributed by atoms with Crippen molar-refractivity contribution in [2.45, 2.75) is 0 Å². The molecule has 10 heavy (non-hydrogen) atoms. The van der Waals surface area contributed by atoms with E-state index in [0.717, 1.165) is 0 Å². The molecule has 0 aromatic heterocycles. The molecule has 4 N–H and O–H groups in total. The number of rotatable bonds is 4. The molecule has 0 bridgehead atoms. The molecule has 6 nitrogen and oxygen atoms in total. The molecule has 7 heteroatoms. The van der Waals surface area contributed by atoms with Crippen LogP contribution in [0.3, 0.4) is 0 Å². The van der Waals surface area contributed by atoms with Crippen LogP contribution in [0.1, 0.15) is 0 Å². The Kier molecular flexibility index (Phi) is 3.70. The Labute approximate surface area is 57.2 Å². The van der Waals surface area contributed by atoms with Crippen molar-refractivity contribution in [3.8, 4) is 0 Å². The van der Waals surface area contributed by atoms with Crippen molar-refractivity contribution >= 4 is 13.6 Å². The van der Waals surface area contributed by atoms with Gasteiger partial charge in [0.25, 0.3) is 0 Å². The smallest absolute Gasteiger partial charge is 0.324 e. The van der Waals surface area contributed by atoms with Crippen LogP contribution < -0.4 is 5.73 Å². The Morgan fingerprint density at radius 1 is 1.60 bits per heavy atom. The molecule has 0 radical (unpaired) electrons. The lowest BCUT2D eigenvalue weighted by Gasteiger charge is -2.01. The normalized spacial score (nSPS) is 11.5. The highest BCUT2D eigenvalue weighted by Crippen LogP contribution is 2.35. The van der Waals surface area contributed by atoms with Crippen molar-refractivity contribution in [1.82, 2.24) is 0 Å². The number of nitrogens with two attached hydrogens (primary N) is 1. The van der Waals surface area contributed by atoms with Crippen LogP contribution in [0, 0.1) is 0 Å². The minimum atomic E-state index is -4.51. The van der Waals surface area contributed by atoms with Gasteiger partial charge in [-0.2, -0.15) is 0 Å². The highest BCUT2D eigenvalue weighted by Gasteiger charge is 2.14. The molecule has 0 heterocycles. The van der Waals surface area contributed by atoms with Crippen LogP contribution in [0.25, 0.3) is 0 Å². The second-order valence-corrected chi connectivity index (χ2v) is 2.75. The topological polar surface area (TPSA) is 110 Å². The number of hydrogen-bond donors (Lipinski definition) is 3. The summed E-state index contributed by atoms with van der Waals surface area (Å²) in [5.74, 6) is -0.552. The van der Waals surface area contributed by atoms with E-state index in [2.05, 4.69) is 4.52 Å². The Morgan fingerprint density at radius 2 is 2.10 bits per heavy atom. The minimum absolute atomic E-state index is 0.278. The maximum atomic E-state index is 10.3. The predicted molar refractivity (Wildman–Crippen MR) is 32.1 cm³/mol. The molecule has 0 fully saturated rings. The van der Waals surface area contributed by atoms with Crippen molar-refractivity contribution in [2.24, 2.45) is 5.73 Å². The van der Waals surface area contributed by atoms with E-state index in [9.17, 15) is 9.36 Å². The van der Waals surface area contributed by atoms with Crippen molar-refractivity contribution in [1.29, 1.82) is 0 Å². The van der Waals surface area contributed by atoms with Crippen LogP contribution in [0.15, 0.2) is 0 Å². The third-order valence-electron chi connectivity index (χ3n) is 0.621. The SMILES string of the molecule is NCC(=O)COP(=O)(O)O. The van der Waals surface area contributed by atoms with Gasteiger partial charge in [0.2, 0.25) is 0 Å². The average molecular weight is 169 g/mol. The van der Waals surface area contributed by atoms with Crippen molar-refractivity contribution in [3.63, 3.8) is 0 Å². The summed E-state index contributed by atoms with van der Waals surface area (Å²) < 4.78 is 13.7. The first-order valence-corrected chi connectivity index (χ1v) is 3.90. The maximum Gasteiger partial charge on any atom is 0.470 e. The van der Waals surface area contributed by atoms with Crippen LogP contribution >= 0.6 is 7.82 Å². The van der Waals surface area contributed by atoms with E-state index in [1.54, 1.807) is 0 Å². The number of Topliss-reactive ketones (excluding diaryl/α,β-unsaturated/α-hetero) is 1. The van der Waals surface area contributed by atoms with Crippen molar-refractivity contribution in [2.75, 3.05) is 13.2 Å². The van der Waals surface area contributed by atoms with Crippen molar-refractivity contribution < 1.29 is 23.7 Å². The first-order valence-electron chi connectivity index (χ1n) is 2.37. The van der Waals surface area contributed by atoms with E-state index in [-0.39, 0.29) is 6.54 Å². The maximum absolute atomic E-state index is 10.3. The molecule has 0 saturated carbocycles. The zero-order chi connectivity index (χ0) is 8.20. The van der Waals surface area contributed by atoms with Crippen LogP contribution in [-0.4, -0.2) is 28.7 Å². The minimum Gasteiger partial charge on any atom is -0.324 e. The summed E-state index contributed by atoms with van der Waals surface area (Å²) in [5, 5.41) is 0. The lowest BCUT2D eigenvalue weighted by Crippen LogP contribution is -2.18. The third kappa shape index (κ3) is 5.87. The number of hydrogen-bond acceptors (Lipinski definition) is 4. The van der Waals surface area contributed by atoms with Crippen LogP contribution in [0.5, 0.6) is 0 Å². The van der Waals surface area contributed by atoms with Gasteiger partial charge < -0.3 is 15.5 Å². The number of carbonyl (C=O) groups excluding carboxylic acids is 1. The molecular weight excluding hydrogens is 161 g/mol. The second-order valence-electron chi connectivity index (χ2n) is 1.51. The molecule has 0 rings (SSSR count). The Hall–Kier alpha value is -0.260. The van der Waals surface area contributed by atoms with E-state index in [1.807, 2.05) is 0 Å². The van der Waals surface area contributed by atoms with Gasteiger partial charge in [-0.3, -0.25) is 9.32 Å². The molecule has 0 aromatic carbocycles. The highest BCUT2D eigenvalue weighted by molar-refractivity contribution is 7.46. The predicted octanol–water partition coefficient (Wildman–Crippen LogP) is -1.38. The molecule has 0 unspecified atom stereocenters. The average Bonchev–Trinajstić information content (AvgIpc) is 1.81. The highest BCUT2D eigenvalue weighted by atomic mass is 31.2. The van der Waals surface area contributed by atoms with E-state index in [1.165, 1.54) is 0 Å². The molecule has 0 aliphatic heterocycles. The molecule has 0 aliphatic carbocycles. The van der Waals surface area contributed by atoms with Gasteiger partial charge in [-0.25, -0.2) is 4.57 Å². The van der Waals surface area contributed by atoms with Gasteiger partial charge in [-0.1, -0.05) is 0 Å². The zero-order valence-corrected chi connectivity index (χ0v) is 5.95. The van der Waals surface area contributed by atoms with E-state index in [0.29, 0.717) is 0 Å². The van der Waals surface area contributed by atoms with Gasteiger partial charge in [0.05, 0.1) is 6.54 Å². The van der Waals surface area contributed by atoms with Crippen molar-refractivity contribution in [3.05, 3.63) is 0 Å². The molecule has 0 saturated heterocycles. The third-order valence-corrected chi connectivity index (χ3v) is 1.09. The molecule has 0 aromatic rings. The van der Waals surface area contributed by atoms with Gasteiger partial charge in [0, 0.05) is 0 Å². The Balaban J connectivity index is 3.56. The first-order chi connectivity index (χ1) is 4.45. The number of phosphoric acid groups is 1. The van der Waals surface area contributed by atoms with E-state index in [4.69, 9.17) is 15.5 Å². The Morgan fingerprint density at radius 3 is 2.40 bits per heavy atom. The molecule has 60 valence electrons. The van der Waals surface area contributed by atoms with Crippen LogP contribution in [0.4, 0.5) is 0 Å². The number of phosphoric ester groups is 1. The van der Waals surface area contributed by atoms with Crippen LogP contribution in [-0.2, 0) is 13.9 Å². The second kappa shape index (κ2) is 3.80. The Bertz CT molecular complexity index is 162. The fourth-order valence-corrected chi connectivity index (χ4v) is 0.527. The van der Waals surface area contributed by atoms with Gasteiger partial charge >= 0.3 is 7.82 Å². The summed E-state index contributed by atoms with van der Waals surface area (Å²) in [6, 6.07) is 0. The first kappa shape index (κ1) is 9.74. The molecular formula is C3H8NO5P. The summed E-state index contributed by atoms with van der Waals surface area (Å²) in [6.45, 7) is -0.916. The van der Waals surface area contributed by atoms with Gasteiger partial charge in [0.1, 0.15) is 6.61 Å². The van der Waals surface area contributed by atoms with Crippen LogP contribution in [0.2, 0.25) is 0 Å². The quantitative estimate of drug-likeness (QED) is 0.447. The summed E-state index contributed by atoms with van der Waals surface area (Å²) in [6.07, 6.45) is 0.